The van der Waals surface area contributed by atoms with E-state index in [1.165, 1.54) is 0 Å². The number of allylic oxidation sites excluding steroid dienone is 1. The molecule has 19 heavy (non-hydrogen) atoms. The van der Waals surface area contributed by atoms with Gasteiger partial charge in [-0.2, -0.15) is 0 Å². The van der Waals surface area contributed by atoms with Crippen molar-refractivity contribution in [1.29, 1.82) is 0 Å². The van der Waals surface area contributed by atoms with Crippen LogP contribution in [0.5, 0.6) is 0 Å². The van der Waals surface area contributed by atoms with E-state index in [4.69, 9.17) is 9.47 Å². The van der Waals surface area contributed by atoms with E-state index in [1.54, 1.807) is 6.92 Å². The van der Waals surface area contributed by atoms with Gasteiger partial charge in [0.25, 0.3) is 0 Å². The summed E-state index contributed by atoms with van der Waals surface area (Å²) in [5.41, 5.74) is 1.33. The highest BCUT2D eigenvalue weighted by atomic mass is 16.6. The Kier molecular flexibility index (Phi) is 5.58. The van der Waals surface area contributed by atoms with Crippen LogP contribution in [-0.2, 0) is 19.1 Å². The van der Waals surface area contributed by atoms with Crippen LogP contribution < -0.4 is 0 Å². The first-order valence-electron chi connectivity index (χ1n) is 6.91. The lowest BCUT2D eigenvalue weighted by Crippen LogP contribution is -2.25. The molecule has 0 spiro atoms. The van der Waals surface area contributed by atoms with Gasteiger partial charge >= 0.3 is 11.9 Å². The molecule has 0 saturated carbocycles. The van der Waals surface area contributed by atoms with Gasteiger partial charge in [-0.05, 0) is 37.2 Å². The van der Waals surface area contributed by atoms with Crippen LogP contribution in [-0.4, -0.2) is 24.6 Å². The summed E-state index contributed by atoms with van der Waals surface area (Å²) in [6.45, 7) is 7.62. The highest BCUT2D eigenvalue weighted by Gasteiger charge is 2.24. The van der Waals surface area contributed by atoms with Gasteiger partial charge in [-0.1, -0.05) is 26.8 Å². The fourth-order valence-corrected chi connectivity index (χ4v) is 2.26. The van der Waals surface area contributed by atoms with E-state index in [2.05, 4.69) is 19.9 Å². The molecular formula is C15H24O4. The highest BCUT2D eigenvalue weighted by molar-refractivity contribution is 5.76. The smallest absolute Gasteiger partial charge is 0.344 e. The van der Waals surface area contributed by atoms with E-state index >= 15 is 0 Å². The molecule has 0 amide bonds. The van der Waals surface area contributed by atoms with Gasteiger partial charge in [-0.15, -0.1) is 0 Å². The third-order valence-electron chi connectivity index (χ3n) is 3.33. The summed E-state index contributed by atoms with van der Waals surface area (Å²) in [5.74, 6) is -0.874. The average Bonchev–Trinajstić information content (AvgIpc) is 2.34. The lowest BCUT2D eigenvalue weighted by atomic mass is 9.78. The molecule has 1 aliphatic rings. The quantitative estimate of drug-likeness (QED) is 0.568. The SMILES string of the molecule is CCC(=O)OCC(=O)OC(C)C1=CC(C)(C)CCC1. The van der Waals surface area contributed by atoms with Crippen molar-refractivity contribution in [3.8, 4) is 0 Å². The van der Waals surface area contributed by atoms with E-state index in [1.807, 2.05) is 6.92 Å². The standard InChI is InChI=1S/C15H24O4/c1-5-13(16)18-10-14(17)19-11(2)12-7-6-8-15(3,4)9-12/h9,11H,5-8,10H2,1-4H3. The number of hydrogen-bond acceptors (Lipinski definition) is 4. The van der Waals surface area contributed by atoms with Gasteiger partial charge in [0.05, 0.1) is 0 Å². The van der Waals surface area contributed by atoms with Crippen molar-refractivity contribution in [1.82, 2.24) is 0 Å². The second-order valence-electron chi connectivity index (χ2n) is 5.71. The lowest BCUT2D eigenvalue weighted by Gasteiger charge is -2.29. The molecule has 0 heterocycles. The fourth-order valence-electron chi connectivity index (χ4n) is 2.26. The minimum Gasteiger partial charge on any atom is -0.456 e. The van der Waals surface area contributed by atoms with Crippen molar-refractivity contribution in [2.75, 3.05) is 6.61 Å². The zero-order valence-corrected chi connectivity index (χ0v) is 12.3. The van der Waals surface area contributed by atoms with Gasteiger partial charge in [0.2, 0.25) is 0 Å². The topological polar surface area (TPSA) is 52.6 Å². The normalized spacial score (nSPS) is 19.3. The van der Waals surface area contributed by atoms with Crippen LogP contribution in [0.3, 0.4) is 0 Å². The Morgan fingerprint density at radius 3 is 2.63 bits per heavy atom. The molecule has 108 valence electrons. The summed E-state index contributed by atoms with van der Waals surface area (Å²) >= 11 is 0. The van der Waals surface area contributed by atoms with Gasteiger partial charge in [0, 0.05) is 6.42 Å². The molecule has 1 unspecified atom stereocenters. The second-order valence-corrected chi connectivity index (χ2v) is 5.71. The fraction of sp³-hybridized carbons (Fsp3) is 0.733. The molecule has 0 bridgehead atoms. The van der Waals surface area contributed by atoms with Crippen LogP contribution in [0.1, 0.15) is 53.4 Å². The molecule has 0 aliphatic heterocycles. The maximum Gasteiger partial charge on any atom is 0.344 e. The molecule has 1 rings (SSSR count). The Balaban J connectivity index is 2.46. The summed E-state index contributed by atoms with van der Waals surface area (Å²) in [6.07, 6.45) is 5.46. The number of ether oxygens (including phenoxy) is 2. The molecule has 0 saturated heterocycles. The molecule has 0 fully saturated rings. The van der Waals surface area contributed by atoms with Crippen LogP contribution in [0.2, 0.25) is 0 Å². The highest BCUT2D eigenvalue weighted by Crippen LogP contribution is 2.34. The van der Waals surface area contributed by atoms with Crippen molar-refractivity contribution in [2.24, 2.45) is 5.41 Å². The van der Waals surface area contributed by atoms with E-state index in [0.29, 0.717) is 0 Å². The molecule has 0 aromatic rings. The zero-order valence-electron chi connectivity index (χ0n) is 12.3. The Labute approximate surface area is 115 Å². The predicted molar refractivity (Wildman–Crippen MR) is 72.5 cm³/mol. The Bertz CT molecular complexity index is 368. The van der Waals surface area contributed by atoms with Crippen molar-refractivity contribution in [3.05, 3.63) is 11.6 Å². The summed E-state index contributed by atoms with van der Waals surface area (Å²) in [5, 5.41) is 0. The number of carbonyl (C=O) groups is 2. The molecule has 4 nitrogen and oxygen atoms in total. The van der Waals surface area contributed by atoms with Crippen LogP contribution >= 0.6 is 0 Å². The summed E-state index contributed by atoms with van der Waals surface area (Å²) in [7, 11) is 0. The molecule has 1 aliphatic carbocycles. The monoisotopic (exact) mass is 268 g/mol. The first-order chi connectivity index (χ1) is 8.84. The molecule has 0 aromatic carbocycles. The number of carbonyl (C=O) groups excluding carboxylic acids is 2. The third-order valence-corrected chi connectivity index (χ3v) is 3.33. The molecule has 0 radical (unpaired) electrons. The van der Waals surface area contributed by atoms with Gasteiger partial charge in [-0.3, -0.25) is 4.79 Å². The van der Waals surface area contributed by atoms with Crippen LogP contribution in [0.4, 0.5) is 0 Å². The summed E-state index contributed by atoms with van der Waals surface area (Å²) in [6, 6.07) is 0. The van der Waals surface area contributed by atoms with E-state index < -0.39 is 5.97 Å². The van der Waals surface area contributed by atoms with Crippen LogP contribution in [0, 0.1) is 5.41 Å². The van der Waals surface area contributed by atoms with Gasteiger partial charge in [0.1, 0.15) is 6.10 Å². The third kappa shape index (κ3) is 5.45. The van der Waals surface area contributed by atoms with E-state index in [-0.39, 0.29) is 30.5 Å². The Hall–Kier alpha value is -1.32. The molecule has 1 atom stereocenters. The first-order valence-corrected chi connectivity index (χ1v) is 6.91. The minimum absolute atomic E-state index is 0.170. The largest absolute Gasteiger partial charge is 0.456 e. The summed E-state index contributed by atoms with van der Waals surface area (Å²) in [4.78, 5) is 22.5. The second kappa shape index (κ2) is 6.73. The molecular weight excluding hydrogens is 244 g/mol. The maximum atomic E-state index is 11.6. The Morgan fingerprint density at radius 1 is 1.37 bits per heavy atom. The average molecular weight is 268 g/mol. The predicted octanol–water partition coefficient (Wildman–Crippen LogP) is 3.01. The lowest BCUT2D eigenvalue weighted by molar-refractivity contribution is -0.160. The molecule has 4 heteroatoms. The van der Waals surface area contributed by atoms with Gasteiger partial charge in [0.15, 0.2) is 6.61 Å². The van der Waals surface area contributed by atoms with Crippen molar-refractivity contribution >= 4 is 11.9 Å². The van der Waals surface area contributed by atoms with Crippen molar-refractivity contribution in [3.63, 3.8) is 0 Å². The minimum atomic E-state index is -0.487. The van der Waals surface area contributed by atoms with E-state index in [0.717, 1.165) is 24.8 Å². The van der Waals surface area contributed by atoms with Gasteiger partial charge < -0.3 is 9.47 Å². The van der Waals surface area contributed by atoms with Crippen molar-refractivity contribution < 1.29 is 19.1 Å². The first kappa shape index (κ1) is 15.7. The van der Waals surface area contributed by atoms with E-state index in [9.17, 15) is 9.59 Å². The molecule has 0 N–H and O–H groups in total. The maximum absolute atomic E-state index is 11.6. The Morgan fingerprint density at radius 2 is 2.05 bits per heavy atom. The van der Waals surface area contributed by atoms with Crippen molar-refractivity contribution in [2.45, 2.75) is 59.5 Å². The number of esters is 2. The number of hydrogen-bond donors (Lipinski definition) is 0. The van der Waals surface area contributed by atoms with Crippen LogP contribution in [0.15, 0.2) is 11.6 Å². The zero-order chi connectivity index (χ0) is 14.5. The molecule has 0 aromatic heterocycles. The summed E-state index contributed by atoms with van der Waals surface area (Å²) < 4.78 is 10.0. The number of rotatable bonds is 5. The van der Waals surface area contributed by atoms with Gasteiger partial charge in [-0.25, -0.2) is 4.79 Å². The van der Waals surface area contributed by atoms with Crippen LogP contribution in [0.25, 0.3) is 0 Å².